The molecule has 1 unspecified atom stereocenters. The summed E-state index contributed by atoms with van der Waals surface area (Å²) in [5.74, 6) is 0.307. The molecular formula is C14H19NO2S. The molecule has 0 amide bonds. The maximum absolute atomic E-state index is 11.2. The predicted octanol–water partition coefficient (Wildman–Crippen LogP) is 2.84. The monoisotopic (exact) mass is 265 g/mol. The van der Waals surface area contributed by atoms with Crippen molar-refractivity contribution in [3.63, 3.8) is 0 Å². The zero-order chi connectivity index (χ0) is 13.3. The van der Waals surface area contributed by atoms with Crippen molar-refractivity contribution in [3.8, 4) is 0 Å². The van der Waals surface area contributed by atoms with Gasteiger partial charge in [-0.05, 0) is 49.6 Å². The van der Waals surface area contributed by atoms with Gasteiger partial charge in [-0.3, -0.25) is 4.79 Å². The smallest absolute Gasteiger partial charge is 0.311 e. The number of hydrogen-bond donors (Lipinski definition) is 2. The molecule has 1 atom stereocenters. The van der Waals surface area contributed by atoms with E-state index in [0.29, 0.717) is 0 Å². The number of benzene rings is 1. The van der Waals surface area contributed by atoms with E-state index in [0.717, 1.165) is 12.0 Å². The highest BCUT2D eigenvalue weighted by molar-refractivity contribution is 7.99. The number of carbonyl (C=O) groups is 1. The standard InChI is InChI=1S/C14H19NO2S/c1-14(2,13(16)17)12(15)10-5-6-11-9(8-10)4-3-7-18-11/h5-6,8,12H,3-4,7,15H2,1-2H3,(H,16,17). The largest absolute Gasteiger partial charge is 0.481 e. The first-order valence-corrected chi connectivity index (χ1v) is 7.16. The number of fused-ring (bicyclic) bond motifs is 1. The summed E-state index contributed by atoms with van der Waals surface area (Å²) in [6.07, 6.45) is 2.25. The molecule has 0 saturated heterocycles. The number of rotatable bonds is 3. The summed E-state index contributed by atoms with van der Waals surface area (Å²) in [7, 11) is 0. The van der Waals surface area contributed by atoms with Crippen molar-refractivity contribution >= 4 is 17.7 Å². The average Bonchev–Trinajstić information content (AvgIpc) is 2.37. The molecule has 1 aromatic carbocycles. The van der Waals surface area contributed by atoms with Gasteiger partial charge in [0.25, 0.3) is 0 Å². The first kappa shape index (κ1) is 13.4. The van der Waals surface area contributed by atoms with E-state index in [1.165, 1.54) is 22.6 Å². The first-order valence-electron chi connectivity index (χ1n) is 6.17. The zero-order valence-corrected chi connectivity index (χ0v) is 11.6. The van der Waals surface area contributed by atoms with Gasteiger partial charge in [-0.15, -0.1) is 11.8 Å². The molecule has 0 radical (unpaired) electrons. The van der Waals surface area contributed by atoms with Crippen LogP contribution in [0.2, 0.25) is 0 Å². The van der Waals surface area contributed by atoms with Gasteiger partial charge in [0.1, 0.15) is 0 Å². The summed E-state index contributed by atoms with van der Waals surface area (Å²) in [5, 5.41) is 9.23. The fraction of sp³-hybridized carbons (Fsp3) is 0.500. The summed E-state index contributed by atoms with van der Waals surface area (Å²) in [6.45, 7) is 3.35. The third-order valence-corrected chi connectivity index (χ3v) is 4.82. The number of carboxylic acids is 1. The molecule has 18 heavy (non-hydrogen) atoms. The van der Waals surface area contributed by atoms with Crippen LogP contribution < -0.4 is 5.73 Å². The van der Waals surface area contributed by atoms with Gasteiger partial charge >= 0.3 is 5.97 Å². The molecule has 0 spiro atoms. The number of carboxylic acid groups (broad SMARTS) is 1. The molecule has 1 aliphatic heterocycles. The minimum absolute atomic E-state index is 0.479. The van der Waals surface area contributed by atoms with Crippen LogP contribution >= 0.6 is 11.8 Å². The van der Waals surface area contributed by atoms with Crippen molar-refractivity contribution in [3.05, 3.63) is 29.3 Å². The Bertz CT molecular complexity index is 471. The molecule has 4 heteroatoms. The maximum atomic E-state index is 11.2. The number of thioether (sulfide) groups is 1. The Morgan fingerprint density at radius 2 is 2.22 bits per heavy atom. The molecule has 2 rings (SSSR count). The lowest BCUT2D eigenvalue weighted by Crippen LogP contribution is -2.36. The third kappa shape index (κ3) is 2.40. The fourth-order valence-corrected chi connectivity index (χ4v) is 3.14. The molecule has 1 heterocycles. The van der Waals surface area contributed by atoms with Crippen molar-refractivity contribution in [2.24, 2.45) is 11.1 Å². The molecule has 3 N–H and O–H groups in total. The van der Waals surface area contributed by atoms with E-state index >= 15 is 0 Å². The summed E-state index contributed by atoms with van der Waals surface area (Å²) >= 11 is 1.87. The lowest BCUT2D eigenvalue weighted by atomic mass is 9.80. The molecular weight excluding hydrogens is 246 g/mol. The van der Waals surface area contributed by atoms with Crippen LogP contribution in [0.25, 0.3) is 0 Å². The Labute approximate surface area is 112 Å². The molecule has 3 nitrogen and oxygen atoms in total. The van der Waals surface area contributed by atoms with E-state index in [9.17, 15) is 9.90 Å². The van der Waals surface area contributed by atoms with E-state index in [1.807, 2.05) is 17.8 Å². The van der Waals surface area contributed by atoms with Crippen molar-refractivity contribution in [1.82, 2.24) is 0 Å². The van der Waals surface area contributed by atoms with Gasteiger partial charge in [-0.2, -0.15) is 0 Å². The van der Waals surface area contributed by atoms with Crippen LogP contribution in [0.3, 0.4) is 0 Å². The highest BCUT2D eigenvalue weighted by Crippen LogP contribution is 2.36. The third-order valence-electron chi connectivity index (χ3n) is 3.62. The van der Waals surface area contributed by atoms with Crippen LogP contribution in [0.4, 0.5) is 0 Å². The highest BCUT2D eigenvalue weighted by atomic mass is 32.2. The van der Waals surface area contributed by atoms with Gasteiger partial charge in [-0.1, -0.05) is 12.1 Å². The molecule has 0 fully saturated rings. The second-order valence-electron chi connectivity index (χ2n) is 5.32. The van der Waals surface area contributed by atoms with E-state index in [2.05, 4.69) is 12.1 Å². The van der Waals surface area contributed by atoms with Crippen LogP contribution in [0.15, 0.2) is 23.1 Å². The van der Waals surface area contributed by atoms with Gasteiger partial charge in [0.15, 0.2) is 0 Å². The second kappa shape index (κ2) is 4.94. The Hall–Kier alpha value is -1.00. The SMILES string of the molecule is CC(C)(C(=O)O)C(N)c1ccc2c(c1)CCCS2. The molecule has 0 bridgehead atoms. The van der Waals surface area contributed by atoms with E-state index in [1.54, 1.807) is 13.8 Å². The highest BCUT2D eigenvalue weighted by Gasteiger charge is 2.35. The Kier molecular flexibility index (Phi) is 3.69. The number of hydrogen-bond acceptors (Lipinski definition) is 3. The zero-order valence-electron chi connectivity index (χ0n) is 10.8. The van der Waals surface area contributed by atoms with Crippen LogP contribution in [-0.4, -0.2) is 16.8 Å². The van der Waals surface area contributed by atoms with E-state index in [-0.39, 0.29) is 0 Å². The second-order valence-corrected chi connectivity index (χ2v) is 6.46. The van der Waals surface area contributed by atoms with Crippen LogP contribution in [0.5, 0.6) is 0 Å². The Morgan fingerprint density at radius 1 is 1.50 bits per heavy atom. The van der Waals surface area contributed by atoms with Crippen molar-refractivity contribution < 1.29 is 9.90 Å². The normalized spacial score (nSPS) is 17.1. The summed E-state index contributed by atoms with van der Waals surface area (Å²) < 4.78 is 0. The van der Waals surface area contributed by atoms with Gasteiger partial charge in [0, 0.05) is 10.9 Å². The molecule has 1 aliphatic rings. The van der Waals surface area contributed by atoms with Crippen LogP contribution in [0.1, 0.15) is 37.4 Å². The van der Waals surface area contributed by atoms with E-state index < -0.39 is 17.4 Å². The molecule has 0 aromatic heterocycles. The lowest BCUT2D eigenvalue weighted by Gasteiger charge is -2.28. The quantitative estimate of drug-likeness (QED) is 0.882. The molecule has 0 saturated carbocycles. The molecule has 1 aromatic rings. The summed E-state index contributed by atoms with van der Waals surface area (Å²) in [5.41, 5.74) is 7.40. The van der Waals surface area contributed by atoms with Crippen LogP contribution in [0, 0.1) is 5.41 Å². The van der Waals surface area contributed by atoms with Crippen molar-refractivity contribution in [2.45, 2.75) is 37.6 Å². The topological polar surface area (TPSA) is 63.3 Å². The molecule has 98 valence electrons. The lowest BCUT2D eigenvalue weighted by molar-refractivity contribution is -0.148. The van der Waals surface area contributed by atoms with Gasteiger partial charge < -0.3 is 10.8 Å². The van der Waals surface area contributed by atoms with Gasteiger partial charge in [-0.25, -0.2) is 0 Å². The average molecular weight is 265 g/mol. The Balaban J connectivity index is 2.31. The number of aryl methyl sites for hydroxylation is 1. The Morgan fingerprint density at radius 3 is 2.89 bits per heavy atom. The number of nitrogens with two attached hydrogens (primary N) is 1. The predicted molar refractivity (Wildman–Crippen MR) is 73.8 cm³/mol. The fourth-order valence-electron chi connectivity index (χ4n) is 2.12. The van der Waals surface area contributed by atoms with Crippen LogP contribution in [-0.2, 0) is 11.2 Å². The van der Waals surface area contributed by atoms with E-state index in [4.69, 9.17) is 5.73 Å². The number of aliphatic carboxylic acids is 1. The first-order chi connectivity index (χ1) is 8.43. The van der Waals surface area contributed by atoms with Gasteiger partial charge in [0.2, 0.25) is 0 Å². The minimum Gasteiger partial charge on any atom is -0.481 e. The maximum Gasteiger partial charge on any atom is 0.311 e. The van der Waals surface area contributed by atoms with Crippen molar-refractivity contribution in [1.29, 1.82) is 0 Å². The van der Waals surface area contributed by atoms with Crippen molar-refractivity contribution in [2.75, 3.05) is 5.75 Å². The molecule has 0 aliphatic carbocycles. The minimum atomic E-state index is -0.948. The van der Waals surface area contributed by atoms with Gasteiger partial charge in [0.05, 0.1) is 5.41 Å². The summed E-state index contributed by atoms with van der Waals surface area (Å²) in [4.78, 5) is 12.6. The summed E-state index contributed by atoms with van der Waals surface area (Å²) in [6, 6.07) is 5.64.